The van der Waals surface area contributed by atoms with E-state index in [0.717, 1.165) is 0 Å². The minimum absolute atomic E-state index is 1.21. The Morgan fingerprint density at radius 3 is 1.33 bits per heavy atom. The zero-order valence-electron chi connectivity index (χ0n) is 5.76. The first-order chi connectivity index (χ1) is 5.46. The summed E-state index contributed by atoms with van der Waals surface area (Å²) in [5.41, 5.74) is 0. The van der Waals surface area contributed by atoms with Crippen molar-refractivity contribution < 1.29 is 30.0 Å². The van der Waals surface area contributed by atoms with E-state index < -0.39 is 35.3 Å². The van der Waals surface area contributed by atoms with Gasteiger partial charge in [0.05, 0.1) is 0 Å². The maximum atomic E-state index is 10.7. The van der Waals surface area contributed by atoms with Crippen molar-refractivity contribution in [3.05, 3.63) is 11.5 Å². The Labute approximate surface area is 66.4 Å². The van der Waals surface area contributed by atoms with Crippen LogP contribution in [-0.2, 0) is 9.59 Å². The van der Waals surface area contributed by atoms with Gasteiger partial charge in [0, 0.05) is 0 Å². The van der Waals surface area contributed by atoms with Gasteiger partial charge in [-0.15, -0.1) is 0 Å². The lowest BCUT2D eigenvalue weighted by Crippen LogP contribution is -2.45. The largest absolute Gasteiger partial charge is 0.502 e. The van der Waals surface area contributed by atoms with E-state index in [0.29, 0.717) is 0 Å². The highest BCUT2D eigenvalue weighted by Crippen LogP contribution is 2.15. The van der Waals surface area contributed by atoms with Crippen LogP contribution < -0.4 is 0 Å². The lowest BCUT2D eigenvalue weighted by atomic mass is 9.96. The standard InChI is InChI=1S/C6H6O6/c7-1-2(8)4(10)6(12)5(11)3(1)9/h1-2,7-8,11-12H/t1-,2?/m0/s1. The van der Waals surface area contributed by atoms with Crippen LogP contribution in [-0.4, -0.2) is 44.2 Å². The third-order valence-electron chi connectivity index (χ3n) is 1.53. The van der Waals surface area contributed by atoms with Crippen LogP contribution in [0.4, 0.5) is 0 Å². The van der Waals surface area contributed by atoms with Gasteiger partial charge in [0.25, 0.3) is 0 Å². The van der Waals surface area contributed by atoms with Gasteiger partial charge in [-0.25, -0.2) is 0 Å². The predicted octanol–water partition coefficient (Wildman–Crippen LogP) is -1.81. The maximum absolute atomic E-state index is 10.7. The van der Waals surface area contributed by atoms with Gasteiger partial charge < -0.3 is 20.4 Å². The van der Waals surface area contributed by atoms with E-state index >= 15 is 0 Å². The molecule has 0 bridgehead atoms. The van der Waals surface area contributed by atoms with Gasteiger partial charge in [-0.2, -0.15) is 0 Å². The molecule has 2 atom stereocenters. The molecule has 1 aliphatic rings. The summed E-state index contributed by atoms with van der Waals surface area (Å²) in [6.45, 7) is 0. The Kier molecular flexibility index (Phi) is 1.87. The first kappa shape index (κ1) is 8.69. The molecule has 1 aliphatic carbocycles. The quantitative estimate of drug-likeness (QED) is 0.344. The summed E-state index contributed by atoms with van der Waals surface area (Å²) in [4.78, 5) is 21.3. The summed E-state index contributed by atoms with van der Waals surface area (Å²) in [5, 5.41) is 34.9. The number of carbonyl (C=O) groups excluding carboxylic acids is 2. The van der Waals surface area contributed by atoms with Gasteiger partial charge in [-0.3, -0.25) is 9.59 Å². The topological polar surface area (TPSA) is 115 Å². The SMILES string of the molecule is O=C1C(O)=C(O)C(=O)[C@@H](O)C1O. The van der Waals surface area contributed by atoms with E-state index in [9.17, 15) is 9.59 Å². The fourth-order valence-corrected chi connectivity index (χ4v) is 0.800. The molecule has 1 unspecified atom stereocenters. The second kappa shape index (κ2) is 2.58. The van der Waals surface area contributed by atoms with Crippen LogP contribution in [0.25, 0.3) is 0 Å². The lowest BCUT2D eigenvalue weighted by Gasteiger charge is -2.19. The van der Waals surface area contributed by atoms with Crippen molar-refractivity contribution in [1.82, 2.24) is 0 Å². The number of hydrogen-bond donors (Lipinski definition) is 4. The molecule has 0 radical (unpaired) electrons. The zero-order valence-corrected chi connectivity index (χ0v) is 5.76. The Balaban J connectivity index is 3.17. The van der Waals surface area contributed by atoms with E-state index in [4.69, 9.17) is 20.4 Å². The normalized spacial score (nSPS) is 31.2. The van der Waals surface area contributed by atoms with Crippen molar-refractivity contribution in [1.29, 1.82) is 0 Å². The molecule has 6 heteroatoms. The lowest BCUT2D eigenvalue weighted by molar-refractivity contribution is -0.145. The second-order valence-corrected chi connectivity index (χ2v) is 2.32. The number of aliphatic hydroxyl groups is 4. The number of rotatable bonds is 0. The number of ketones is 2. The fourth-order valence-electron chi connectivity index (χ4n) is 0.800. The predicted molar refractivity (Wildman–Crippen MR) is 34.3 cm³/mol. The summed E-state index contributed by atoms with van der Waals surface area (Å²) in [5.74, 6) is -4.95. The average molecular weight is 174 g/mol. The molecule has 0 aliphatic heterocycles. The van der Waals surface area contributed by atoms with E-state index in [1.54, 1.807) is 0 Å². The van der Waals surface area contributed by atoms with Crippen molar-refractivity contribution in [2.24, 2.45) is 0 Å². The molecule has 12 heavy (non-hydrogen) atoms. The molecule has 0 saturated carbocycles. The molecule has 0 fully saturated rings. The third kappa shape index (κ3) is 0.973. The van der Waals surface area contributed by atoms with Crippen LogP contribution in [0.1, 0.15) is 0 Å². The number of Topliss-reactive ketones (excluding diaryl/α,β-unsaturated/α-hetero) is 2. The Bertz CT molecular complexity index is 250. The van der Waals surface area contributed by atoms with E-state index in [1.165, 1.54) is 0 Å². The summed E-state index contributed by atoms with van der Waals surface area (Å²) in [6, 6.07) is 0. The Morgan fingerprint density at radius 2 is 1.08 bits per heavy atom. The summed E-state index contributed by atoms with van der Waals surface area (Å²) < 4.78 is 0. The van der Waals surface area contributed by atoms with Crippen LogP contribution >= 0.6 is 0 Å². The fraction of sp³-hybridized carbons (Fsp3) is 0.333. The highest BCUT2D eigenvalue weighted by molar-refractivity contribution is 6.13. The molecule has 1 rings (SSSR count). The van der Waals surface area contributed by atoms with Crippen molar-refractivity contribution >= 4 is 11.6 Å². The Hall–Kier alpha value is -1.40. The van der Waals surface area contributed by atoms with Crippen molar-refractivity contribution in [2.45, 2.75) is 12.2 Å². The second-order valence-electron chi connectivity index (χ2n) is 2.32. The zero-order chi connectivity index (χ0) is 9.46. The van der Waals surface area contributed by atoms with Gasteiger partial charge in [0.1, 0.15) is 0 Å². The van der Waals surface area contributed by atoms with Crippen LogP contribution in [0.2, 0.25) is 0 Å². The first-order valence-electron chi connectivity index (χ1n) is 3.03. The maximum Gasteiger partial charge on any atom is 0.232 e. The number of hydrogen-bond acceptors (Lipinski definition) is 6. The number of carbonyl (C=O) groups is 2. The van der Waals surface area contributed by atoms with Crippen LogP contribution in [0.5, 0.6) is 0 Å². The molecule has 0 aromatic carbocycles. The molecule has 66 valence electrons. The van der Waals surface area contributed by atoms with Crippen molar-refractivity contribution in [2.75, 3.05) is 0 Å². The third-order valence-corrected chi connectivity index (χ3v) is 1.53. The molecule has 6 nitrogen and oxygen atoms in total. The van der Waals surface area contributed by atoms with Crippen molar-refractivity contribution in [3.63, 3.8) is 0 Å². The van der Waals surface area contributed by atoms with E-state index in [1.807, 2.05) is 0 Å². The van der Waals surface area contributed by atoms with Gasteiger partial charge in [0.15, 0.2) is 12.2 Å². The smallest absolute Gasteiger partial charge is 0.232 e. The van der Waals surface area contributed by atoms with Crippen molar-refractivity contribution in [3.8, 4) is 0 Å². The highest BCUT2D eigenvalue weighted by atomic mass is 16.4. The molecule has 0 heterocycles. The van der Waals surface area contributed by atoms with E-state index in [2.05, 4.69) is 0 Å². The van der Waals surface area contributed by atoms with Gasteiger partial charge in [0.2, 0.25) is 23.1 Å². The van der Waals surface area contributed by atoms with Gasteiger partial charge >= 0.3 is 0 Å². The van der Waals surface area contributed by atoms with E-state index in [-0.39, 0.29) is 0 Å². The molecule has 0 saturated heterocycles. The first-order valence-corrected chi connectivity index (χ1v) is 3.03. The van der Waals surface area contributed by atoms with Crippen LogP contribution in [0, 0.1) is 0 Å². The molecule has 0 aromatic rings. The minimum atomic E-state index is -1.99. The monoisotopic (exact) mass is 174 g/mol. The highest BCUT2D eigenvalue weighted by Gasteiger charge is 2.41. The van der Waals surface area contributed by atoms with Crippen LogP contribution in [0.3, 0.4) is 0 Å². The average Bonchev–Trinajstić information content (AvgIpc) is 2.08. The summed E-state index contributed by atoms with van der Waals surface area (Å²) in [7, 11) is 0. The summed E-state index contributed by atoms with van der Waals surface area (Å²) >= 11 is 0. The minimum Gasteiger partial charge on any atom is -0.502 e. The molecule has 0 aromatic heterocycles. The molecular weight excluding hydrogens is 168 g/mol. The molecule has 0 spiro atoms. The Morgan fingerprint density at radius 1 is 0.833 bits per heavy atom. The number of aliphatic hydroxyl groups excluding tert-OH is 4. The molecular formula is C6H6O6. The molecule has 0 amide bonds. The van der Waals surface area contributed by atoms with Crippen LogP contribution in [0.15, 0.2) is 11.5 Å². The summed E-state index contributed by atoms with van der Waals surface area (Å²) in [6.07, 6.45) is -3.98. The van der Waals surface area contributed by atoms with Gasteiger partial charge in [-0.05, 0) is 0 Å². The van der Waals surface area contributed by atoms with Gasteiger partial charge in [-0.1, -0.05) is 0 Å². The molecule has 4 N–H and O–H groups in total.